The normalized spacial score (nSPS) is 20.9. The second-order valence-corrected chi connectivity index (χ2v) is 8.10. The van der Waals surface area contributed by atoms with Gasteiger partial charge in [-0.25, -0.2) is 8.42 Å². The summed E-state index contributed by atoms with van der Waals surface area (Å²) in [4.78, 5) is 12.5. The second-order valence-electron chi connectivity index (χ2n) is 6.16. The van der Waals surface area contributed by atoms with Crippen LogP contribution in [-0.4, -0.2) is 44.3 Å². The molecule has 3 N–H and O–H groups in total. The number of sulfonamides is 1. The summed E-state index contributed by atoms with van der Waals surface area (Å²) in [6.45, 7) is 4.79. The molecule has 1 aliphatic rings. The third kappa shape index (κ3) is 4.31. The lowest BCUT2D eigenvalue weighted by Crippen LogP contribution is -2.48. The minimum atomic E-state index is -3.55. The molecule has 0 aliphatic carbocycles. The molecule has 7 heteroatoms. The van der Waals surface area contributed by atoms with Crippen LogP contribution in [0.3, 0.4) is 0 Å². The first-order valence-electron chi connectivity index (χ1n) is 7.92. The maximum Gasteiger partial charge on any atom is 0.243 e. The molecule has 1 amide bonds. The minimum absolute atomic E-state index is 0.105. The maximum atomic E-state index is 12.7. The molecule has 0 saturated carbocycles. The van der Waals surface area contributed by atoms with Crippen LogP contribution in [0.4, 0.5) is 0 Å². The van der Waals surface area contributed by atoms with Crippen molar-refractivity contribution in [1.82, 2.24) is 9.62 Å². The number of nitrogens with zero attached hydrogens (tertiary/aromatic N) is 1. The molecule has 2 atom stereocenters. The van der Waals surface area contributed by atoms with Gasteiger partial charge in [0.05, 0.1) is 10.8 Å². The zero-order valence-electron chi connectivity index (χ0n) is 13.7. The second kappa shape index (κ2) is 7.42. The largest absolute Gasteiger partial charge is 0.352 e. The van der Waals surface area contributed by atoms with Gasteiger partial charge in [-0.05, 0) is 38.8 Å². The Morgan fingerprint density at radius 2 is 2.04 bits per heavy atom. The number of piperidine rings is 1. The van der Waals surface area contributed by atoms with Gasteiger partial charge in [-0.2, -0.15) is 4.31 Å². The van der Waals surface area contributed by atoms with Gasteiger partial charge in [-0.3, -0.25) is 4.79 Å². The molecule has 128 valence electrons. The number of carbonyl (C=O) groups is 1. The molecular formula is C16H25N3O3S. The molecule has 2 rings (SSSR count). The fourth-order valence-corrected chi connectivity index (χ4v) is 4.18. The van der Waals surface area contributed by atoms with Crippen LogP contribution in [0.25, 0.3) is 0 Å². The smallest absolute Gasteiger partial charge is 0.243 e. The summed E-state index contributed by atoms with van der Waals surface area (Å²) >= 11 is 0. The average molecular weight is 339 g/mol. The number of nitrogens with one attached hydrogen (secondary N) is 1. The predicted molar refractivity (Wildman–Crippen MR) is 89.3 cm³/mol. The van der Waals surface area contributed by atoms with Crippen LogP contribution in [0.15, 0.2) is 29.2 Å². The van der Waals surface area contributed by atoms with Crippen molar-refractivity contribution in [2.45, 2.75) is 37.6 Å². The number of benzene rings is 1. The molecule has 1 heterocycles. The third-order valence-corrected chi connectivity index (χ3v) is 6.04. The molecule has 1 unspecified atom stereocenters. The van der Waals surface area contributed by atoms with E-state index < -0.39 is 10.0 Å². The van der Waals surface area contributed by atoms with Crippen LogP contribution in [0.2, 0.25) is 0 Å². The van der Waals surface area contributed by atoms with Crippen LogP contribution in [-0.2, 0) is 14.8 Å². The summed E-state index contributed by atoms with van der Waals surface area (Å²) < 4.78 is 26.9. The SMILES string of the molecule is Cc1ccc(S(=O)(=O)N2CCCC(C(=O)N[C@@H](C)CN)C2)cc1. The quantitative estimate of drug-likeness (QED) is 0.832. The molecule has 1 aliphatic heterocycles. The molecule has 0 aromatic heterocycles. The number of hydrogen-bond acceptors (Lipinski definition) is 4. The van der Waals surface area contributed by atoms with E-state index in [-0.39, 0.29) is 29.3 Å². The summed E-state index contributed by atoms with van der Waals surface area (Å²) in [7, 11) is -3.55. The Hall–Kier alpha value is -1.44. The fraction of sp³-hybridized carbons (Fsp3) is 0.562. The topological polar surface area (TPSA) is 92.5 Å². The first kappa shape index (κ1) is 17.9. The highest BCUT2D eigenvalue weighted by molar-refractivity contribution is 7.89. The number of nitrogens with two attached hydrogens (primary N) is 1. The lowest BCUT2D eigenvalue weighted by atomic mass is 9.98. The van der Waals surface area contributed by atoms with Crippen molar-refractivity contribution in [3.8, 4) is 0 Å². The van der Waals surface area contributed by atoms with Crippen LogP contribution in [0.5, 0.6) is 0 Å². The molecular weight excluding hydrogens is 314 g/mol. The van der Waals surface area contributed by atoms with Gasteiger partial charge in [0.1, 0.15) is 0 Å². The molecule has 6 nitrogen and oxygen atoms in total. The molecule has 23 heavy (non-hydrogen) atoms. The minimum Gasteiger partial charge on any atom is -0.352 e. The van der Waals surface area contributed by atoms with E-state index in [2.05, 4.69) is 5.32 Å². The van der Waals surface area contributed by atoms with Crippen molar-refractivity contribution in [3.63, 3.8) is 0 Å². The van der Waals surface area contributed by atoms with Gasteiger partial charge < -0.3 is 11.1 Å². The van der Waals surface area contributed by atoms with Gasteiger partial charge in [0.2, 0.25) is 15.9 Å². The van der Waals surface area contributed by atoms with Crippen molar-refractivity contribution < 1.29 is 13.2 Å². The van der Waals surface area contributed by atoms with Crippen LogP contribution >= 0.6 is 0 Å². The average Bonchev–Trinajstić information content (AvgIpc) is 2.55. The molecule has 1 saturated heterocycles. The van der Waals surface area contributed by atoms with Crippen molar-refractivity contribution >= 4 is 15.9 Å². The molecule has 0 bridgehead atoms. The zero-order chi connectivity index (χ0) is 17.0. The molecule has 0 spiro atoms. The highest BCUT2D eigenvalue weighted by atomic mass is 32.2. The highest BCUT2D eigenvalue weighted by Crippen LogP contribution is 2.24. The van der Waals surface area contributed by atoms with E-state index >= 15 is 0 Å². The van der Waals surface area contributed by atoms with Crippen LogP contribution in [0, 0.1) is 12.8 Å². The third-order valence-electron chi connectivity index (χ3n) is 4.16. The summed E-state index contributed by atoms with van der Waals surface area (Å²) in [5, 5.41) is 2.83. The summed E-state index contributed by atoms with van der Waals surface area (Å²) in [5.41, 5.74) is 6.52. The zero-order valence-corrected chi connectivity index (χ0v) is 14.5. The van der Waals surface area contributed by atoms with E-state index in [0.29, 0.717) is 25.9 Å². The van der Waals surface area contributed by atoms with Crippen molar-refractivity contribution in [3.05, 3.63) is 29.8 Å². The molecule has 0 radical (unpaired) electrons. The summed E-state index contributed by atoms with van der Waals surface area (Å²) in [6.07, 6.45) is 1.38. The monoisotopic (exact) mass is 339 g/mol. The number of rotatable bonds is 5. The Morgan fingerprint density at radius 1 is 1.39 bits per heavy atom. The van der Waals surface area contributed by atoms with E-state index in [9.17, 15) is 13.2 Å². The molecule has 1 aromatic rings. The Balaban J connectivity index is 2.11. The molecule has 1 fully saturated rings. The number of hydrogen-bond donors (Lipinski definition) is 2. The van der Waals surface area contributed by atoms with Crippen molar-refractivity contribution in [1.29, 1.82) is 0 Å². The van der Waals surface area contributed by atoms with Crippen LogP contribution < -0.4 is 11.1 Å². The Bertz CT molecular complexity index is 643. The Kier molecular flexibility index (Phi) is 5.78. The van der Waals surface area contributed by atoms with E-state index in [4.69, 9.17) is 5.73 Å². The van der Waals surface area contributed by atoms with Gasteiger partial charge in [0.25, 0.3) is 0 Å². The van der Waals surface area contributed by atoms with E-state index in [1.807, 2.05) is 13.8 Å². The fourth-order valence-electron chi connectivity index (χ4n) is 2.65. The van der Waals surface area contributed by atoms with E-state index in [0.717, 1.165) is 5.56 Å². The standard InChI is InChI=1S/C16H25N3O3S/c1-12-5-7-15(8-6-12)23(21,22)19-9-3-4-14(11-19)16(20)18-13(2)10-17/h5-8,13-14H,3-4,9-11,17H2,1-2H3,(H,18,20)/t13-,14?/m0/s1. The summed E-state index contributed by atoms with van der Waals surface area (Å²) in [5.74, 6) is -0.440. The van der Waals surface area contributed by atoms with Gasteiger partial charge in [0, 0.05) is 25.7 Å². The van der Waals surface area contributed by atoms with E-state index in [1.54, 1.807) is 24.3 Å². The van der Waals surface area contributed by atoms with Gasteiger partial charge in [-0.1, -0.05) is 17.7 Å². The first-order valence-corrected chi connectivity index (χ1v) is 9.36. The Labute approximate surface area is 138 Å². The molecule has 1 aromatic carbocycles. The first-order chi connectivity index (χ1) is 10.8. The number of carbonyl (C=O) groups excluding carboxylic acids is 1. The lowest BCUT2D eigenvalue weighted by molar-refractivity contribution is -0.126. The number of amides is 1. The van der Waals surface area contributed by atoms with Gasteiger partial charge in [0.15, 0.2) is 0 Å². The predicted octanol–water partition coefficient (Wildman–Crippen LogP) is 0.859. The maximum absolute atomic E-state index is 12.7. The lowest BCUT2D eigenvalue weighted by Gasteiger charge is -2.31. The van der Waals surface area contributed by atoms with Gasteiger partial charge in [-0.15, -0.1) is 0 Å². The number of aryl methyl sites for hydroxylation is 1. The van der Waals surface area contributed by atoms with Crippen LogP contribution in [0.1, 0.15) is 25.3 Å². The van der Waals surface area contributed by atoms with Gasteiger partial charge >= 0.3 is 0 Å². The van der Waals surface area contributed by atoms with Crippen molar-refractivity contribution in [2.24, 2.45) is 11.7 Å². The highest BCUT2D eigenvalue weighted by Gasteiger charge is 2.33. The van der Waals surface area contributed by atoms with E-state index in [1.165, 1.54) is 4.31 Å². The Morgan fingerprint density at radius 3 is 2.65 bits per heavy atom. The summed E-state index contributed by atoms with van der Waals surface area (Å²) in [6, 6.07) is 6.69. The van der Waals surface area contributed by atoms with Crippen molar-refractivity contribution in [2.75, 3.05) is 19.6 Å².